The van der Waals surface area contributed by atoms with Gasteiger partial charge in [-0.25, -0.2) is 4.98 Å². The lowest BCUT2D eigenvalue weighted by atomic mass is 9.81. The van der Waals surface area contributed by atoms with E-state index in [4.69, 9.17) is 9.97 Å². The highest BCUT2D eigenvalue weighted by Crippen LogP contribution is 2.51. The van der Waals surface area contributed by atoms with Crippen LogP contribution in [0.5, 0.6) is 0 Å². The van der Waals surface area contributed by atoms with Crippen molar-refractivity contribution in [3.05, 3.63) is 193 Å². The Hall–Kier alpha value is -6.94. The molecule has 0 unspecified atom stereocenters. The molecular formula is C55H36N2S. The Morgan fingerprint density at radius 3 is 1.62 bits per heavy atom. The topological polar surface area (TPSA) is 25.8 Å². The minimum Gasteiger partial charge on any atom is -0.252 e. The molecule has 2 heterocycles. The van der Waals surface area contributed by atoms with E-state index in [1.54, 1.807) is 0 Å². The number of rotatable bonds is 4. The van der Waals surface area contributed by atoms with Crippen LogP contribution in [0.4, 0.5) is 0 Å². The van der Waals surface area contributed by atoms with E-state index in [9.17, 15) is 0 Å². The molecule has 0 amide bonds. The molecule has 0 radical (unpaired) electrons. The zero-order chi connectivity index (χ0) is 38.5. The van der Waals surface area contributed by atoms with Gasteiger partial charge in [0.1, 0.15) is 0 Å². The van der Waals surface area contributed by atoms with Crippen molar-refractivity contribution >= 4 is 64.1 Å². The van der Waals surface area contributed by atoms with Crippen molar-refractivity contribution < 1.29 is 0 Å². The molecule has 0 spiro atoms. The van der Waals surface area contributed by atoms with E-state index in [-0.39, 0.29) is 5.41 Å². The average Bonchev–Trinajstić information content (AvgIpc) is 3.78. The van der Waals surface area contributed by atoms with Crippen LogP contribution in [0.3, 0.4) is 0 Å². The Labute approximate surface area is 340 Å². The molecule has 0 saturated heterocycles. The molecule has 1 aliphatic rings. The first kappa shape index (κ1) is 33.2. The molecule has 272 valence electrons. The molecule has 12 rings (SSSR count). The molecule has 0 aliphatic heterocycles. The van der Waals surface area contributed by atoms with Gasteiger partial charge in [-0.15, -0.1) is 11.3 Å². The van der Waals surface area contributed by atoms with Crippen molar-refractivity contribution in [3.8, 4) is 55.8 Å². The largest absolute Gasteiger partial charge is 0.252 e. The van der Waals surface area contributed by atoms with E-state index >= 15 is 0 Å². The lowest BCUT2D eigenvalue weighted by Crippen LogP contribution is -2.15. The van der Waals surface area contributed by atoms with Crippen LogP contribution in [-0.4, -0.2) is 9.97 Å². The van der Waals surface area contributed by atoms with Crippen molar-refractivity contribution in [2.45, 2.75) is 19.3 Å². The van der Waals surface area contributed by atoms with Gasteiger partial charge in [0.2, 0.25) is 0 Å². The summed E-state index contributed by atoms with van der Waals surface area (Å²) in [6.07, 6.45) is 1.95. The van der Waals surface area contributed by atoms with E-state index < -0.39 is 0 Å². The third-order valence-corrected chi connectivity index (χ3v) is 13.7. The van der Waals surface area contributed by atoms with Crippen molar-refractivity contribution in [1.82, 2.24) is 9.97 Å². The first-order valence-corrected chi connectivity index (χ1v) is 20.8. The first-order valence-electron chi connectivity index (χ1n) is 20.0. The molecule has 0 fully saturated rings. The second kappa shape index (κ2) is 12.5. The predicted octanol–water partition coefficient (Wildman–Crippen LogP) is 15.3. The lowest BCUT2D eigenvalue weighted by molar-refractivity contribution is 0.661. The van der Waals surface area contributed by atoms with Gasteiger partial charge in [-0.05, 0) is 96.7 Å². The smallest absolute Gasteiger partial charge is 0.0979 e. The van der Waals surface area contributed by atoms with Crippen LogP contribution in [0.2, 0.25) is 0 Å². The number of hydrogen-bond acceptors (Lipinski definition) is 3. The molecule has 58 heavy (non-hydrogen) atoms. The normalized spacial score (nSPS) is 13.1. The maximum Gasteiger partial charge on any atom is 0.0979 e. The molecule has 0 N–H and O–H groups in total. The Morgan fingerprint density at radius 2 is 0.914 bits per heavy atom. The highest BCUT2D eigenvalue weighted by molar-refractivity contribution is 7.26. The molecule has 2 nitrogen and oxygen atoms in total. The van der Waals surface area contributed by atoms with Gasteiger partial charge in [0, 0.05) is 41.9 Å². The van der Waals surface area contributed by atoms with E-state index in [0.29, 0.717) is 0 Å². The Kier molecular flexibility index (Phi) is 7.18. The van der Waals surface area contributed by atoms with Gasteiger partial charge in [-0.2, -0.15) is 0 Å². The highest BCUT2D eigenvalue weighted by Gasteiger charge is 2.36. The summed E-state index contributed by atoms with van der Waals surface area (Å²) in [5.74, 6) is 0. The second-order valence-corrected chi connectivity index (χ2v) is 17.2. The number of hydrogen-bond donors (Lipinski definition) is 0. The van der Waals surface area contributed by atoms with Gasteiger partial charge >= 0.3 is 0 Å². The number of nitrogens with zero attached hydrogens (tertiary/aromatic N) is 2. The summed E-state index contributed by atoms with van der Waals surface area (Å²) in [4.78, 5) is 10.4. The summed E-state index contributed by atoms with van der Waals surface area (Å²) < 4.78 is 2.67. The van der Waals surface area contributed by atoms with Gasteiger partial charge in [0.25, 0.3) is 0 Å². The van der Waals surface area contributed by atoms with Gasteiger partial charge in [-0.1, -0.05) is 159 Å². The fourth-order valence-corrected chi connectivity index (χ4v) is 10.8. The highest BCUT2D eigenvalue weighted by atomic mass is 32.1. The molecular weight excluding hydrogens is 721 g/mol. The van der Waals surface area contributed by atoms with Crippen molar-refractivity contribution in [1.29, 1.82) is 0 Å². The van der Waals surface area contributed by atoms with Gasteiger partial charge in [0.15, 0.2) is 0 Å². The van der Waals surface area contributed by atoms with Crippen LogP contribution in [0.1, 0.15) is 25.0 Å². The summed E-state index contributed by atoms with van der Waals surface area (Å²) in [7, 11) is 0. The SMILES string of the molecule is CC1(C)c2cc(-c3cccc(-c4cccc(-c5cccc6c5sc5ccccc56)c4)c3)ccc2-c2ccc(-c3cnc4c5ccccc5c5ccccc5c4n3)cc21. The van der Waals surface area contributed by atoms with Gasteiger partial charge in [0.05, 0.1) is 22.9 Å². The Morgan fingerprint density at radius 1 is 0.397 bits per heavy atom. The van der Waals surface area contributed by atoms with Crippen LogP contribution in [0.25, 0.3) is 109 Å². The van der Waals surface area contributed by atoms with E-state index in [1.807, 2.05) is 17.5 Å². The minimum absolute atomic E-state index is 0.191. The summed E-state index contributed by atoms with van der Waals surface area (Å²) in [5, 5.41) is 7.34. The Balaban J connectivity index is 0.895. The molecule has 3 heteroatoms. The quantitative estimate of drug-likeness (QED) is 0.167. The molecule has 11 aromatic rings. The average molecular weight is 757 g/mol. The van der Waals surface area contributed by atoms with E-state index in [0.717, 1.165) is 33.1 Å². The molecule has 0 bridgehead atoms. The molecule has 0 saturated carbocycles. The van der Waals surface area contributed by atoms with Crippen LogP contribution in [0, 0.1) is 0 Å². The number of thiophene rings is 1. The van der Waals surface area contributed by atoms with Gasteiger partial charge in [-0.3, -0.25) is 4.98 Å². The van der Waals surface area contributed by atoms with E-state index in [1.165, 1.54) is 86.6 Å². The number of benzene rings is 9. The summed E-state index contributed by atoms with van der Waals surface area (Å²) in [5.41, 5.74) is 16.4. The van der Waals surface area contributed by atoms with Crippen molar-refractivity contribution in [3.63, 3.8) is 0 Å². The zero-order valence-electron chi connectivity index (χ0n) is 32.1. The zero-order valence-corrected chi connectivity index (χ0v) is 32.9. The maximum atomic E-state index is 5.32. The summed E-state index contributed by atoms with van der Waals surface area (Å²) in [6, 6.07) is 64.5. The van der Waals surface area contributed by atoms with Crippen molar-refractivity contribution in [2.75, 3.05) is 0 Å². The standard InChI is InChI=1S/C55H36N2S/c1-55(2)48-30-36(34-13-9-12-33(28-34)35-14-10-15-37(29-35)39-21-11-22-47-44-18-7-8-23-51(44)58-54(39)47)24-26-42(48)43-27-25-38(31-49(43)55)50-32-56-52-45-19-5-3-16-40(45)41-17-4-6-20-46(41)53(52)57-50/h3-32H,1-2H3. The number of fused-ring (bicyclic) bond motifs is 12. The fourth-order valence-electron chi connectivity index (χ4n) is 9.56. The van der Waals surface area contributed by atoms with Crippen LogP contribution in [-0.2, 0) is 5.41 Å². The maximum absolute atomic E-state index is 5.32. The van der Waals surface area contributed by atoms with Crippen LogP contribution < -0.4 is 0 Å². The number of aromatic nitrogens is 2. The molecule has 1 aliphatic carbocycles. The molecule has 2 aromatic heterocycles. The molecule has 9 aromatic carbocycles. The third kappa shape index (κ3) is 4.97. The predicted molar refractivity (Wildman–Crippen MR) is 247 cm³/mol. The fraction of sp³-hybridized carbons (Fsp3) is 0.0545. The summed E-state index contributed by atoms with van der Waals surface area (Å²) in [6.45, 7) is 4.71. The lowest BCUT2D eigenvalue weighted by Gasteiger charge is -2.22. The summed E-state index contributed by atoms with van der Waals surface area (Å²) >= 11 is 1.88. The van der Waals surface area contributed by atoms with Crippen LogP contribution in [0.15, 0.2) is 182 Å². The monoisotopic (exact) mass is 756 g/mol. The molecule has 0 atom stereocenters. The van der Waals surface area contributed by atoms with Crippen LogP contribution >= 0.6 is 11.3 Å². The Bertz CT molecular complexity index is 3460. The minimum atomic E-state index is -0.191. The third-order valence-electron chi connectivity index (χ3n) is 12.5. The second-order valence-electron chi connectivity index (χ2n) is 16.1. The van der Waals surface area contributed by atoms with Gasteiger partial charge < -0.3 is 0 Å². The van der Waals surface area contributed by atoms with Crippen molar-refractivity contribution in [2.24, 2.45) is 0 Å². The van der Waals surface area contributed by atoms with E-state index in [2.05, 4.69) is 190 Å². The first-order chi connectivity index (χ1) is 28.5.